The molecule has 1 aliphatic rings. The normalized spacial score (nSPS) is 15.1. The smallest absolute Gasteiger partial charge is 0.303 e. The highest BCUT2D eigenvalue weighted by Gasteiger charge is 2.16. The molecular weight excluding hydrogens is 334 g/mol. The number of fused-ring (bicyclic) bond motifs is 2. The summed E-state index contributed by atoms with van der Waals surface area (Å²) in [6.07, 6.45) is 4.22. The Hall–Kier alpha value is -2.70. The molecule has 0 saturated heterocycles. The van der Waals surface area contributed by atoms with Crippen molar-refractivity contribution in [1.29, 1.82) is 0 Å². The number of nitrogens with zero attached hydrogens (tertiary/aromatic N) is 2. The number of benzene rings is 1. The van der Waals surface area contributed by atoms with Gasteiger partial charge >= 0.3 is 5.97 Å². The molecule has 7 heteroatoms. The summed E-state index contributed by atoms with van der Waals surface area (Å²) in [4.78, 5) is 40.4. The number of nitrogens with one attached hydrogen (secondary N) is 1. The Morgan fingerprint density at radius 2 is 2.12 bits per heavy atom. The van der Waals surface area contributed by atoms with E-state index in [1.54, 1.807) is 29.7 Å². The molecule has 0 saturated carbocycles. The second-order valence-corrected chi connectivity index (χ2v) is 6.83. The van der Waals surface area contributed by atoms with E-state index in [9.17, 15) is 14.4 Å². The predicted octanol–water partition coefficient (Wildman–Crippen LogP) is 2.11. The molecule has 0 spiro atoms. The molecule has 2 heterocycles. The maximum Gasteiger partial charge on any atom is 0.303 e. The first-order valence-electron chi connectivity index (χ1n) is 9.02. The first kappa shape index (κ1) is 18.1. The molecule has 3 rings (SSSR count). The molecular formula is C19H23N3O4. The standard InChI is InChI=1S/C19H23N3O4/c1-12(6-9-17(23)24)20-18(25)13-7-8-14-15(11-13)21-16-5-3-2-4-10-22(16)19(14)26/h7-8,11-12H,2-6,9-10H2,1H3,(H,20,25)(H,23,24). The van der Waals surface area contributed by atoms with Gasteiger partial charge in [0.25, 0.3) is 11.5 Å². The number of rotatable bonds is 5. The third-order valence-corrected chi connectivity index (χ3v) is 4.75. The zero-order valence-corrected chi connectivity index (χ0v) is 14.8. The number of aliphatic carboxylic acids is 1. The van der Waals surface area contributed by atoms with Gasteiger partial charge in [-0.05, 0) is 44.4 Å². The molecule has 1 amide bonds. The molecule has 1 unspecified atom stereocenters. The van der Waals surface area contributed by atoms with Crippen molar-refractivity contribution in [2.45, 2.75) is 58.0 Å². The van der Waals surface area contributed by atoms with Crippen LogP contribution in [0, 0.1) is 0 Å². The summed E-state index contributed by atoms with van der Waals surface area (Å²) in [5, 5.41) is 12.0. The van der Waals surface area contributed by atoms with E-state index in [0.717, 1.165) is 31.5 Å². The van der Waals surface area contributed by atoms with E-state index < -0.39 is 5.97 Å². The topological polar surface area (TPSA) is 101 Å². The van der Waals surface area contributed by atoms with Gasteiger partial charge in [0.1, 0.15) is 5.82 Å². The number of hydrogen-bond acceptors (Lipinski definition) is 4. The van der Waals surface area contributed by atoms with Gasteiger partial charge in [-0.25, -0.2) is 4.98 Å². The number of carbonyl (C=O) groups excluding carboxylic acids is 1. The molecule has 138 valence electrons. The highest BCUT2D eigenvalue weighted by atomic mass is 16.4. The third-order valence-electron chi connectivity index (χ3n) is 4.75. The summed E-state index contributed by atoms with van der Waals surface area (Å²) in [5.41, 5.74) is 0.910. The van der Waals surface area contributed by atoms with E-state index in [0.29, 0.717) is 29.4 Å². The third kappa shape index (κ3) is 3.92. The first-order valence-corrected chi connectivity index (χ1v) is 9.02. The molecule has 0 aliphatic carbocycles. The Balaban J connectivity index is 1.86. The predicted molar refractivity (Wildman–Crippen MR) is 97.4 cm³/mol. The van der Waals surface area contributed by atoms with Crippen molar-refractivity contribution in [1.82, 2.24) is 14.9 Å². The lowest BCUT2D eigenvalue weighted by Crippen LogP contribution is -2.33. The van der Waals surface area contributed by atoms with Crippen LogP contribution in [0.5, 0.6) is 0 Å². The number of aromatic nitrogens is 2. The van der Waals surface area contributed by atoms with Crippen LogP contribution in [0.4, 0.5) is 0 Å². The average Bonchev–Trinajstić information content (AvgIpc) is 2.85. The van der Waals surface area contributed by atoms with Crippen LogP contribution in [0.3, 0.4) is 0 Å². The van der Waals surface area contributed by atoms with Gasteiger partial charge in [-0.1, -0.05) is 6.42 Å². The lowest BCUT2D eigenvalue weighted by Gasteiger charge is -2.14. The van der Waals surface area contributed by atoms with Crippen molar-refractivity contribution in [2.75, 3.05) is 0 Å². The van der Waals surface area contributed by atoms with Crippen LogP contribution >= 0.6 is 0 Å². The maximum absolute atomic E-state index is 12.7. The van der Waals surface area contributed by atoms with E-state index in [1.165, 1.54) is 0 Å². The lowest BCUT2D eigenvalue weighted by atomic mass is 10.1. The summed E-state index contributed by atoms with van der Waals surface area (Å²) < 4.78 is 1.75. The molecule has 0 fully saturated rings. The number of carbonyl (C=O) groups is 2. The second kappa shape index (κ2) is 7.68. The van der Waals surface area contributed by atoms with Gasteiger partial charge in [-0.3, -0.25) is 19.0 Å². The van der Waals surface area contributed by atoms with Gasteiger partial charge in [0, 0.05) is 31.0 Å². The van der Waals surface area contributed by atoms with Crippen molar-refractivity contribution in [3.8, 4) is 0 Å². The fourth-order valence-electron chi connectivity index (χ4n) is 3.28. The highest BCUT2D eigenvalue weighted by Crippen LogP contribution is 2.16. The summed E-state index contributed by atoms with van der Waals surface area (Å²) in [6, 6.07) is 4.66. The van der Waals surface area contributed by atoms with Crippen molar-refractivity contribution in [3.05, 3.63) is 39.9 Å². The largest absolute Gasteiger partial charge is 0.481 e. The number of carboxylic acid groups (broad SMARTS) is 1. The van der Waals surface area contributed by atoms with E-state index in [4.69, 9.17) is 5.11 Å². The van der Waals surface area contributed by atoms with Gasteiger partial charge in [0.05, 0.1) is 10.9 Å². The van der Waals surface area contributed by atoms with Gasteiger partial charge in [-0.2, -0.15) is 0 Å². The van der Waals surface area contributed by atoms with Crippen molar-refractivity contribution < 1.29 is 14.7 Å². The zero-order chi connectivity index (χ0) is 18.7. The van der Waals surface area contributed by atoms with Gasteiger partial charge in [-0.15, -0.1) is 0 Å². The minimum Gasteiger partial charge on any atom is -0.481 e. The molecule has 1 atom stereocenters. The molecule has 0 radical (unpaired) electrons. The molecule has 26 heavy (non-hydrogen) atoms. The monoisotopic (exact) mass is 357 g/mol. The Morgan fingerprint density at radius 1 is 1.31 bits per heavy atom. The summed E-state index contributed by atoms with van der Waals surface area (Å²) in [7, 11) is 0. The Morgan fingerprint density at radius 3 is 2.88 bits per heavy atom. The van der Waals surface area contributed by atoms with Crippen molar-refractivity contribution in [3.63, 3.8) is 0 Å². The quantitative estimate of drug-likeness (QED) is 0.853. The Labute approximate surface area is 151 Å². The minimum absolute atomic E-state index is 0.00360. The van der Waals surface area contributed by atoms with Crippen LogP contribution in [0.15, 0.2) is 23.0 Å². The molecule has 2 N–H and O–H groups in total. The van der Waals surface area contributed by atoms with Gasteiger partial charge < -0.3 is 10.4 Å². The number of carboxylic acids is 1. The average molecular weight is 357 g/mol. The van der Waals surface area contributed by atoms with E-state index >= 15 is 0 Å². The lowest BCUT2D eigenvalue weighted by molar-refractivity contribution is -0.137. The molecule has 1 aromatic carbocycles. The summed E-state index contributed by atoms with van der Waals surface area (Å²) in [6.45, 7) is 2.47. The van der Waals surface area contributed by atoms with E-state index in [2.05, 4.69) is 10.3 Å². The number of aryl methyl sites for hydroxylation is 1. The second-order valence-electron chi connectivity index (χ2n) is 6.83. The zero-order valence-electron chi connectivity index (χ0n) is 14.8. The van der Waals surface area contributed by atoms with Gasteiger partial charge in [0.2, 0.25) is 0 Å². The van der Waals surface area contributed by atoms with Crippen LogP contribution < -0.4 is 10.9 Å². The molecule has 7 nitrogen and oxygen atoms in total. The summed E-state index contributed by atoms with van der Waals surface area (Å²) in [5.74, 6) is -0.392. The summed E-state index contributed by atoms with van der Waals surface area (Å²) >= 11 is 0. The molecule has 0 bridgehead atoms. The first-order chi connectivity index (χ1) is 12.5. The fourth-order valence-corrected chi connectivity index (χ4v) is 3.28. The SMILES string of the molecule is CC(CCC(=O)O)NC(=O)c1ccc2c(=O)n3c(nc2c1)CCCCC3. The van der Waals surface area contributed by atoms with Gasteiger partial charge in [0.15, 0.2) is 0 Å². The fraction of sp³-hybridized carbons (Fsp3) is 0.474. The van der Waals surface area contributed by atoms with E-state index in [-0.39, 0.29) is 23.9 Å². The number of hydrogen-bond donors (Lipinski definition) is 2. The molecule has 1 aliphatic heterocycles. The van der Waals surface area contributed by atoms with Crippen LogP contribution in [-0.2, 0) is 17.8 Å². The van der Waals surface area contributed by atoms with Crippen LogP contribution in [0.2, 0.25) is 0 Å². The van der Waals surface area contributed by atoms with E-state index in [1.807, 2.05) is 0 Å². The Kier molecular flexibility index (Phi) is 5.35. The number of amides is 1. The Bertz CT molecular complexity index is 904. The highest BCUT2D eigenvalue weighted by molar-refractivity contribution is 5.97. The molecule has 2 aromatic rings. The maximum atomic E-state index is 12.7. The van der Waals surface area contributed by atoms with Crippen LogP contribution in [-0.4, -0.2) is 32.6 Å². The van der Waals surface area contributed by atoms with Crippen LogP contribution in [0.25, 0.3) is 10.9 Å². The van der Waals surface area contributed by atoms with Crippen molar-refractivity contribution >= 4 is 22.8 Å². The minimum atomic E-state index is -0.887. The van der Waals surface area contributed by atoms with Crippen LogP contribution in [0.1, 0.15) is 55.2 Å². The molecule has 1 aromatic heterocycles. The van der Waals surface area contributed by atoms with Crippen molar-refractivity contribution in [2.24, 2.45) is 0 Å².